The molecule has 7 aromatic carbocycles. The summed E-state index contributed by atoms with van der Waals surface area (Å²) in [6, 6.07) is 56.4. The molecule has 0 saturated heterocycles. The van der Waals surface area contributed by atoms with Crippen LogP contribution in [0.4, 0.5) is 0 Å². The summed E-state index contributed by atoms with van der Waals surface area (Å²) >= 11 is 0. The summed E-state index contributed by atoms with van der Waals surface area (Å²) in [5.41, 5.74) is 9.24. The average Bonchev–Trinajstić information content (AvgIpc) is 3.53. The number of benzene rings is 7. The number of rotatable bonds is 5. The molecule has 2 aromatic heterocycles. The molecule has 0 bridgehead atoms. The van der Waals surface area contributed by atoms with Crippen molar-refractivity contribution in [3.63, 3.8) is 0 Å². The van der Waals surface area contributed by atoms with Gasteiger partial charge in [0.15, 0.2) is 17.5 Å². The number of fused-ring (bicyclic) bond motifs is 4. The van der Waals surface area contributed by atoms with Crippen LogP contribution in [0.5, 0.6) is 0 Å². The second kappa shape index (κ2) is 11.2. The first-order valence-corrected chi connectivity index (χ1v) is 15.7. The van der Waals surface area contributed by atoms with E-state index in [1.54, 1.807) is 0 Å². The fourth-order valence-corrected chi connectivity index (χ4v) is 6.37. The molecule has 0 unspecified atom stereocenters. The van der Waals surface area contributed by atoms with Gasteiger partial charge in [-0.1, -0.05) is 133 Å². The molecule has 9 aromatic rings. The Morgan fingerprint density at radius 2 is 0.872 bits per heavy atom. The lowest BCUT2D eigenvalue weighted by Gasteiger charge is -2.10. The molecule has 9 rings (SSSR count). The third kappa shape index (κ3) is 4.93. The minimum Gasteiger partial charge on any atom is -0.456 e. The fraction of sp³-hybridized carbons (Fsp3) is 0. The van der Waals surface area contributed by atoms with Crippen LogP contribution in [-0.4, -0.2) is 15.0 Å². The molecule has 4 nitrogen and oxygen atoms in total. The fourth-order valence-electron chi connectivity index (χ4n) is 6.37. The quantitative estimate of drug-likeness (QED) is 0.197. The molecule has 0 radical (unpaired) electrons. The first-order chi connectivity index (χ1) is 23.3. The second-order valence-corrected chi connectivity index (χ2v) is 11.7. The zero-order valence-electron chi connectivity index (χ0n) is 25.3. The highest BCUT2D eigenvalue weighted by molar-refractivity contribution is 6.13. The highest BCUT2D eigenvalue weighted by atomic mass is 16.3. The molecule has 0 spiro atoms. The van der Waals surface area contributed by atoms with Crippen LogP contribution < -0.4 is 0 Å². The number of hydrogen-bond donors (Lipinski definition) is 0. The van der Waals surface area contributed by atoms with Crippen molar-refractivity contribution in [1.82, 2.24) is 15.0 Å². The van der Waals surface area contributed by atoms with E-state index in [9.17, 15) is 0 Å². The van der Waals surface area contributed by atoms with Gasteiger partial charge in [0.25, 0.3) is 0 Å². The maximum Gasteiger partial charge on any atom is 0.164 e. The molecule has 2 heterocycles. The molecule has 0 saturated carbocycles. The lowest BCUT2D eigenvalue weighted by Crippen LogP contribution is -2.00. The molecule has 0 atom stereocenters. The van der Waals surface area contributed by atoms with Crippen LogP contribution in [0.3, 0.4) is 0 Å². The Balaban J connectivity index is 1.13. The molecular formula is C43H27N3O. The van der Waals surface area contributed by atoms with Gasteiger partial charge in [0.2, 0.25) is 0 Å². The topological polar surface area (TPSA) is 51.8 Å². The summed E-state index contributed by atoms with van der Waals surface area (Å²) in [5, 5.41) is 4.50. The predicted molar refractivity (Wildman–Crippen MR) is 192 cm³/mol. The molecule has 0 aliphatic carbocycles. The van der Waals surface area contributed by atoms with E-state index in [4.69, 9.17) is 19.4 Å². The number of furan rings is 1. The lowest BCUT2D eigenvalue weighted by molar-refractivity contribution is 0.669. The van der Waals surface area contributed by atoms with Gasteiger partial charge in [-0.3, -0.25) is 0 Å². The molecule has 220 valence electrons. The monoisotopic (exact) mass is 601 g/mol. The number of nitrogens with zero attached hydrogens (tertiary/aromatic N) is 3. The summed E-state index contributed by atoms with van der Waals surface area (Å²) in [6.07, 6.45) is 0. The molecule has 4 heteroatoms. The van der Waals surface area contributed by atoms with E-state index in [0.717, 1.165) is 66.1 Å². The number of aromatic nitrogens is 3. The van der Waals surface area contributed by atoms with Gasteiger partial charge in [-0.25, -0.2) is 15.0 Å². The van der Waals surface area contributed by atoms with Crippen molar-refractivity contribution >= 4 is 32.7 Å². The van der Waals surface area contributed by atoms with Gasteiger partial charge in [0.1, 0.15) is 11.2 Å². The van der Waals surface area contributed by atoms with Crippen molar-refractivity contribution in [1.29, 1.82) is 0 Å². The minimum absolute atomic E-state index is 0.646. The van der Waals surface area contributed by atoms with Crippen LogP contribution in [0.1, 0.15) is 0 Å². The minimum atomic E-state index is 0.646. The molecule has 0 aliphatic rings. The normalized spacial score (nSPS) is 11.4. The zero-order valence-corrected chi connectivity index (χ0v) is 25.3. The Hall–Kier alpha value is -6.39. The number of hydrogen-bond acceptors (Lipinski definition) is 4. The highest BCUT2D eigenvalue weighted by Gasteiger charge is 2.15. The van der Waals surface area contributed by atoms with Crippen LogP contribution in [-0.2, 0) is 0 Å². The second-order valence-electron chi connectivity index (χ2n) is 11.7. The van der Waals surface area contributed by atoms with Crippen molar-refractivity contribution in [2.24, 2.45) is 0 Å². The Morgan fingerprint density at radius 1 is 0.340 bits per heavy atom. The van der Waals surface area contributed by atoms with Crippen molar-refractivity contribution in [3.05, 3.63) is 164 Å². The molecule has 0 aliphatic heterocycles. The van der Waals surface area contributed by atoms with Crippen molar-refractivity contribution in [2.45, 2.75) is 0 Å². The summed E-state index contributed by atoms with van der Waals surface area (Å²) < 4.78 is 6.39. The van der Waals surface area contributed by atoms with Crippen molar-refractivity contribution in [3.8, 4) is 56.4 Å². The first kappa shape index (κ1) is 27.0. The lowest BCUT2D eigenvalue weighted by atomic mass is 9.96. The molecule has 0 fully saturated rings. The van der Waals surface area contributed by atoms with E-state index in [0.29, 0.717) is 17.5 Å². The Labute approximate surface area is 271 Å². The smallest absolute Gasteiger partial charge is 0.164 e. The van der Waals surface area contributed by atoms with E-state index in [1.807, 2.05) is 66.7 Å². The summed E-state index contributed by atoms with van der Waals surface area (Å²) in [7, 11) is 0. The van der Waals surface area contributed by atoms with Crippen LogP contribution >= 0.6 is 0 Å². The standard InChI is InChI=1S/C43H27N3O/c1-4-11-28(12-5-1)33-23-24-37-39(27-33)47-38-18-10-17-36(40(37)38)34-21-19-32-26-35(22-20-31(32)25-34)43-45-41(29-13-6-2-7-14-29)44-42(46-43)30-15-8-3-9-16-30/h1-27H. The van der Waals surface area contributed by atoms with Crippen molar-refractivity contribution in [2.75, 3.05) is 0 Å². The summed E-state index contributed by atoms with van der Waals surface area (Å²) in [5.74, 6) is 1.95. The predicted octanol–water partition coefficient (Wildman–Crippen LogP) is 11.3. The van der Waals surface area contributed by atoms with Crippen LogP contribution in [0.15, 0.2) is 168 Å². The van der Waals surface area contributed by atoms with Gasteiger partial charge in [-0.05, 0) is 63.4 Å². The van der Waals surface area contributed by atoms with E-state index >= 15 is 0 Å². The van der Waals surface area contributed by atoms with E-state index in [-0.39, 0.29) is 0 Å². The molecular weight excluding hydrogens is 574 g/mol. The van der Waals surface area contributed by atoms with Crippen LogP contribution in [0, 0.1) is 0 Å². The van der Waals surface area contributed by atoms with Gasteiger partial charge in [0, 0.05) is 27.5 Å². The van der Waals surface area contributed by atoms with Gasteiger partial charge in [0.05, 0.1) is 0 Å². The van der Waals surface area contributed by atoms with E-state index < -0.39 is 0 Å². The maximum atomic E-state index is 6.39. The average molecular weight is 602 g/mol. The highest BCUT2D eigenvalue weighted by Crippen LogP contribution is 2.39. The van der Waals surface area contributed by atoms with E-state index in [2.05, 4.69) is 97.1 Å². The van der Waals surface area contributed by atoms with Crippen LogP contribution in [0.25, 0.3) is 89.1 Å². The first-order valence-electron chi connectivity index (χ1n) is 15.7. The maximum absolute atomic E-state index is 6.39. The molecule has 47 heavy (non-hydrogen) atoms. The van der Waals surface area contributed by atoms with Gasteiger partial charge in [-0.2, -0.15) is 0 Å². The van der Waals surface area contributed by atoms with Gasteiger partial charge in [-0.15, -0.1) is 0 Å². The van der Waals surface area contributed by atoms with Crippen molar-refractivity contribution < 1.29 is 4.42 Å². The third-order valence-electron chi connectivity index (χ3n) is 8.71. The van der Waals surface area contributed by atoms with E-state index in [1.165, 1.54) is 5.56 Å². The van der Waals surface area contributed by atoms with Crippen LogP contribution in [0.2, 0.25) is 0 Å². The Bertz CT molecular complexity index is 2500. The molecule has 0 N–H and O–H groups in total. The largest absolute Gasteiger partial charge is 0.456 e. The SMILES string of the molecule is c1ccc(-c2ccc3c(c2)oc2cccc(-c4ccc5cc(-c6nc(-c7ccccc7)nc(-c7ccccc7)n6)ccc5c4)c23)cc1. The summed E-state index contributed by atoms with van der Waals surface area (Å²) in [4.78, 5) is 14.7. The zero-order chi connectivity index (χ0) is 31.2. The Kier molecular flexibility index (Phi) is 6.43. The molecule has 0 amide bonds. The third-order valence-corrected chi connectivity index (χ3v) is 8.71. The Morgan fingerprint density at radius 3 is 1.51 bits per heavy atom. The van der Waals surface area contributed by atoms with Gasteiger partial charge >= 0.3 is 0 Å². The summed E-state index contributed by atoms with van der Waals surface area (Å²) in [6.45, 7) is 0. The van der Waals surface area contributed by atoms with Gasteiger partial charge < -0.3 is 4.42 Å².